The van der Waals surface area contributed by atoms with Crippen molar-refractivity contribution in [2.45, 2.75) is 24.6 Å². The van der Waals surface area contributed by atoms with Gasteiger partial charge in [0.05, 0.1) is 0 Å². The fourth-order valence-electron chi connectivity index (χ4n) is 0.514. The second-order valence-electron chi connectivity index (χ2n) is 2.31. The van der Waals surface area contributed by atoms with Gasteiger partial charge in [0.25, 0.3) is 0 Å². The van der Waals surface area contributed by atoms with E-state index in [0.29, 0.717) is 0 Å². The lowest BCUT2D eigenvalue weighted by Gasteiger charge is -2.18. The highest BCUT2D eigenvalue weighted by molar-refractivity contribution is 5.64. The Kier molecular flexibility index (Phi) is 3.64. The number of hydrogen-bond acceptors (Lipinski definition) is 1. The molecule has 0 aromatic heterocycles. The molecule has 0 heterocycles. The lowest BCUT2D eigenvalue weighted by molar-refractivity contribution is -0.248. The standard InChI is InChI=1S/C5H2F9N/c6-3(7,8)1-15-2(4(9,10)11)5(12,13)14/h1-2H. The van der Waals surface area contributed by atoms with Crippen LogP contribution in [0, 0.1) is 0 Å². The Balaban J connectivity index is 4.94. The number of rotatable bonds is 1. The molecule has 90 valence electrons. The molecule has 0 aromatic carbocycles. The number of alkyl halides is 9. The Labute approximate surface area is 76.6 Å². The SMILES string of the molecule is FC(F)(F)C=NC(C(F)(F)F)C(F)(F)F. The smallest absolute Gasteiger partial charge is 0.266 e. The molecule has 0 aliphatic carbocycles. The van der Waals surface area contributed by atoms with Gasteiger partial charge in [-0.05, 0) is 0 Å². The topological polar surface area (TPSA) is 12.4 Å². The summed E-state index contributed by atoms with van der Waals surface area (Å²) in [6, 6.07) is -4.35. The van der Waals surface area contributed by atoms with E-state index in [4.69, 9.17) is 0 Å². The molecule has 10 heteroatoms. The first-order chi connectivity index (χ1) is 6.34. The highest BCUT2D eigenvalue weighted by atomic mass is 19.4. The van der Waals surface area contributed by atoms with E-state index in [9.17, 15) is 39.5 Å². The first-order valence-corrected chi connectivity index (χ1v) is 3.08. The summed E-state index contributed by atoms with van der Waals surface area (Å²) in [5, 5.41) is 0. The predicted octanol–water partition coefficient (Wildman–Crippen LogP) is 3.11. The summed E-state index contributed by atoms with van der Waals surface area (Å²) < 4.78 is 103. The average molecular weight is 247 g/mol. The normalized spacial score (nSPS) is 15.3. The van der Waals surface area contributed by atoms with Crippen LogP contribution in [0.4, 0.5) is 39.5 Å². The Morgan fingerprint density at radius 1 is 0.733 bits per heavy atom. The van der Waals surface area contributed by atoms with Crippen LogP contribution in [0.1, 0.15) is 0 Å². The van der Waals surface area contributed by atoms with Crippen molar-refractivity contribution >= 4 is 6.21 Å². The van der Waals surface area contributed by atoms with Gasteiger partial charge in [0, 0.05) is 0 Å². The third-order valence-electron chi connectivity index (χ3n) is 0.990. The molecular formula is C5H2F9N. The number of aliphatic imine (C=N–C) groups is 1. The van der Waals surface area contributed by atoms with Crippen LogP contribution in [-0.4, -0.2) is 30.8 Å². The average Bonchev–Trinajstić information content (AvgIpc) is 1.75. The quantitative estimate of drug-likeness (QED) is 0.498. The predicted molar refractivity (Wildman–Crippen MR) is 30.4 cm³/mol. The van der Waals surface area contributed by atoms with Gasteiger partial charge in [-0.2, -0.15) is 39.5 Å². The summed E-state index contributed by atoms with van der Waals surface area (Å²) in [7, 11) is 0. The molecule has 0 atom stereocenters. The van der Waals surface area contributed by atoms with Crippen LogP contribution in [0.15, 0.2) is 4.99 Å². The van der Waals surface area contributed by atoms with E-state index in [2.05, 4.69) is 0 Å². The molecule has 0 radical (unpaired) electrons. The lowest BCUT2D eigenvalue weighted by Crippen LogP contribution is -2.41. The second-order valence-corrected chi connectivity index (χ2v) is 2.31. The van der Waals surface area contributed by atoms with Crippen molar-refractivity contribution in [2.24, 2.45) is 4.99 Å². The van der Waals surface area contributed by atoms with Crippen molar-refractivity contribution in [3.63, 3.8) is 0 Å². The fraction of sp³-hybridized carbons (Fsp3) is 0.800. The van der Waals surface area contributed by atoms with Gasteiger partial charge in [0.15, 0.2) is 0 Å². The highest BCUT2D eigenvalue weighted by Gasteiger charge is 2.57. The van der Waals surface area contributed by atoms with Gasteiger partial charge < -0.3 is 0 Å². The minimum absolute atomic E-state index is 1.33. The van der Waals surface area contributed by atoms with E-state index in [-0.39, 0.29) is 0 Å². The van der Waals surface area contributed by atoms with Gasteiger partial charge in [0.1, 0.15) is 6.21 Å². The van der Waals surface area contributed by atoms with Crippen LogP contribution >= 0.6 is 0 Å². The van der Waals surface area contributed by atoms with Crippen LogP contribution in [0.25, 0.3) is 0 Å². The van der Waals surface area contributed by atoms with Crippen LogP contribution in [0.2, 0.25) is 0 Å². The summed E-state index contributed by atoms with van der Waals surface area (Å²) in [6.07, 6.45) is -18.5. The summed E-state index contributed by atoms with van der Waals surface area (Å²) in [5.41, 5.74) is 0. The largest absolute Gasteiger partial charge is 0.426 e. The minimum atomic E-state index is -5.90. The van der Waals surface area contributed by atoms with E-state index in [1.165, 1.54) is 4.99 Å². The Hall–Kier alpha value is -0.960. The molecule has 15 heavy (non-hydrogen) atoms. The summed E-state index contributed by atoms with van der Waals surface area (Å²) in [4.78, 5) is 1.44. The van der Waals surface area contributed by atoms with Crippen molar-refractivity contribution in [1.29, 1.82) is 0 Å². The highest BCUT2D eigenvalue weighted by Crippen LogP contribution is 2.35. The van der Waals surface area contributed by atoms with Crippen molar-refractivity contribution in [3.8, 4) is 0 Å². The Bertz CT molecular complexity index is 216. The molecule has 0 spiro atoms. The van der Waals surface area contributed by atoms with Gasteiger partial charge in [0.2, 0.25) is 6.04 Å². The van der Waals surface area contributed by atoms with Crippen molar-refractivity contribution in [1.82, 2.24) is 0 Å². The molecule has 0 rings (SSSR count). The molecule has 0 aliphatic rings. The third-order valence-corrected chi connectivity index (χ3v) is 0.990. The van der Waals surface area contributed by atoms with Gasteiger partial charge in [-0.3, -0.25) is 4.99 Å². The molecule has 0 bridgehead atoms. The zero-order valence-electron chi connectivity index (χ0n) is 6.50. The van der Waals surface area contributed by atoms with Crippen LogP contribution in [0.3, 0.4) is 0 Å². The maximum Gasteiger partial charge on any atom is 0.426 e. The first-order valence-electron chi connectivity index (χ1n) is 3.08. The molecule has 0 fully saturated rings. The molecule has 1 nitrogen and oxygen atoms in total. The molecule has 0 aliphatic heterocycles. The van der Waals surface area contributed by atoms with Crippen molar-refractivity contribution in [3.05, 3.63) is 0 Å². The summed E-state index contributed by atoms with van der Waals surface area (Å²) >= 11 is 0. The Morgan fingerprint density at radius 3 is 1.27 bits per heavy atom. The van der Waals surface area contributed by atoms with E-state index in [1.54, 1.807) is 0 Å². The van der Waals surface area contributed by atoms with E-state index < -0.39 is 30.8 Å². The number of hydrogen-bond donors (Lipinski definition) is 0. The molecule has 0 N–H and O–H groups in total. The van der Waals surface area contributed by atoms with Crippen molar-refractivity contribution in [2.75, 3.05) is 0 Å². The molecule has 0 amide bonds. The number of nitrogens with zero attached hydrogens (tertiary/aromatic N) is 1. The third kappa shape index (κ3) is 5.47. The van der Waals surface area contributed by atoms with Crippen LogP contribution < -0.4 is 0 Å². The van der Waals surface area contributed by atoms with Gasteiger partial charge >= 0.3 is 18.5 Å². The van der Waals surface area contributed by atoms with Crippen molar-refractivity contribution < 1.29 is 39.5 Å². The number of halogens is 9. The molecule has 0 unspecified atom stereocenters. The minimum Gasteiger partial charge on any atom is -0.266 e. The van der Waals surface area contributed by atoms with E-state index in [1.807, 2.05) is 0 Å². The van der Waals surface area contributed by atoms with Crippen LogP contribution in [0.5, 0.6) is 0 Å². The summed E-state index contributed by atoms with van der Waals surface area (Å²) in [6.45, 7) is 0. The summed E-state index contributed by atoms with van der Waals surface area (Å²) in [5.74, 6) is 0. The van der Waals surface area contributed by atoms with E-state index >= 15 is 0 Å². The first kappa shape index (κ1) is 14.0. The maximum atomic E-state index is 11.6. The fourth-order valence-corrected chi connectivity index (χ4v) is 0.514. The molecule has 0 aromatic rings. The lowest BCUT2D eigenvalue weighted by atomic mass is 10.3. The zero-order chi connectivity index (χ0) is 12.5. The molecule has 0 saturated carbocycles. The second kappa shape index (κ2) is 3.89. The van der Waals surface area contributed by atoms with Gasteiger partial charge in [-0.25, -0.2) is 0 Å². The van der Waals surface area contributed by atoms with Gasteiger partial charge in [-0.15, -0.1) is 0 Å². The zero-order valence-corrected chi connectivity index (χ0v) is 6.50. The maximum absolute atomic E-state index is 11.6. The van der Waals surface area contributed by atoms with Gasteiger partial charge in [-0.1, -0.05) is 0 Å². The molecular weight excluding hydrogens is 245 g/mol. The van der Waals surface area contributed by atoms with E-state index in [0.717, 1.165) is 0 Å². The molecule has 0 saturated heterocycles. The Morgan fingerprint density at radius 2 is 1.07 bits per heavy atom. The monoisotopic (exact) mass is 247 g/mol. The van der Waals surface area contributed by atoms with Crippen LogP contribution in [-0.2, 0) is 0 Å².